The minimum absolute atomic E-state index is 0.0506. The summed E-state index contributed by atoms with van der Waals surface area (Å²) in [5.74, 6) is -0.0506. The highest BCUT2D eigenvalue weighted by molar-refractivity contribution is 6.56. The molecule has 1 aromatic carbocycles. The minimum atomic E-state index is -0.962. The quantitative estimate of drug-likeness (QED) is 0.555. The Bertz CT molecular complexity index is 564. The maximum absolute atomic E-state index is 6.83. The third kappa shape index (κ3) is 1.50. The Labute approximate surface area is 137 Å². The van der Waals surface area contributed by atoms with Crippen LogP contribution < -0.4 is 0 Å². The molecule has 0 heterocycles. The molecule has 4 atom stereocenters. The molecule has 0 spiro atoms. The van der Waals surface area contributed by atoms with Gasteiger partial charge < -0.3 is 0 Å². The highest BCUT2D eigenvalue weighted by Crippen LogP contribution is 2.74. The van der Waals surface area contributed by atoms with Gasteiger partial charge in [0.15, 0.2) is 0 Å². The van der Waals surface area contributed by atoms with Crippen molar-refractivity contribution in [2.45, 2.75) is 33.9 Å². The third-order valence-corrected chi connectivity index (χ3v) is 8.11. The van der Waals surface area contributed by atoms with Crippen molar-refractivity contribution >= 4 is 58.0 Å². The van der Waals surface area contributed by atoms with Gasteiger partial charge in [-0.2, -0.15) is 0 Å². The molecule has 0 aromatic heterocycles. The van der Waals surface area contributed by atoms with Crippen molar-refractivity contribution < 1.29 is 0 Å². The summed E-state index contributed by atoms with van der Waals surface area (Å²) in [6, 6.07) is 9.92. The summed E-state index contributed by atoms with van der Waals surface area (Å²) in [5, 5.41) is 0.763. The fraction of sp³-hybridized carbons (Fsp3) is 0.429. The molecule has 19 heavy (non-hydrogen) atoms. The van der Waals surface area contributed by atoms with Crippen LogP contribution in [0.1, 0.15) is 24.8 Å². The second kappa shape index (κ2) is 4.21. The molecular weight excluding hydrogens is 345 g/mol. The van der Waals surface area contributed by atoms with Gasteiger partial charge in [-0.15, -0.1) is 34.8 Å². The van der Waals surface area contributed by atoms with Gasteiger partial charge >= 0.3 is 0 Å². The SMILES string of the molecule is C[C@@]1(Cl)[C@@]2(Cl)C[C@H](c3ccccc3)[C@]1(Cl)C(Cl)=C2Cl. The maximum Gasteiger partial charge on any atom is 0.109 e. The van der Waals surface area contributed by atoms with Crippen molar-refractivity contribution in [3.63, 3.8) is 0 Å². The lowest BCUT2D eigenvalue weighted by Gasteiger charge is -2.36. The molecule has 0 nitrogen and oxygen atoms in total. The standard InChI is InChI=1S/C14H11Cl5/c1-12(17)13(18)7-9(8-5-3-2-4-6-8)14(12,19)11(16)10(13)15/h2-6,9H,7H2,1H3/t9-,12-,13-,14+/m1/s1. The van der Waals surface area contributed by atoms with E-state index in [2.05, 4.69) is 0 Å². The second-order valence-corrected chi connectivity index (χ2v) is 8.06. The average Bonchev–Trinajstić information content (AvgIpc) is 2.62. The van der Waals surface area contributed by atoms with Crippen LogP contribution in [-0.4, -0.2) is 14.6 Å². The maximum atomic E-state index is 6.83. The molecule has 3 rings (SSSR count). The number of benzene rings is 1. The van der Waals surface area contributed by atoms with Gasteiger partial charge in [-0.05, 0) is 18.9 Å². The van der Waals surface area contributed by atoms with Crippen molar-refractivity contribution in [2.24, 2.45) is 0 Å². The fourth-order valence-electron chi connectivity index (χ4n) is 3.25. The summed E-state index contributed by atoms with van der Waals surface area (Å²) >= 11 is 32.8. The van der Waals surface area contributed by atoms with E-state index < -0.39 is 14.6 Å². The summed E-state index contributed by atoms with van der Waals surface area (Å²) in [6.07, 6.45) is 0.580. The van der Waals surface area contributed by atoms with Crippen molar-refractivity contribution in [1.29, 1.82) is 0 Å². The van der Waals surface area contributed by atoms with Crippen molar-refractivity contribution in [3.05, 3.63) is 46.0 Å². The molecule has 0 amide bonds. The Morgan fingerprint density at radius 2 is 1.58 bits per heavy atom. The number of hydrogen-bond acceptors (Lipinski definition) is 0. The Morgan fingerprint density at radius 1 is 1.00 bits per heavy atom. The van der Waals surface area contributed by atoms with E-state index in [0.717, 1.165) is 5.56 Å². The summed E-state index contributed by atoms with van der Waals surface area (Å²) in [4.78, 5) is -2.79. The largest absolute Gasteiger partial charge is 0.115 e. The molecule has 0 aliphatic heterocycles. The smallest absolute Gasteiger partial charge is 0.109 e. The molecule has 0 saturated heterocycles. The fourth-order valence-corrected chi connectivity index (χ4v) is 5.64. The summed E-state index contributed by atoms with van der Waals surface area (Å²) in [5.41, 5.74) is 1.08. The van der Waals surface area contributed by atoms with E-state index in [-0.39, 0.29) is 5.92 Å². The summed E-state index contributed by atoms with van der Waals surface area (Å²) in [6.45, 7) is 1.81. The minimum Gasteiger partial charge on any atom is -0.115 e. The van der Waals surface area contributed by atoms with E-state index in [0.29, 0.717) is 16.5 Å². The number of rotatable bonds is 1. The van der Waals surface area contributed by atoms with Crippen LogP contribution in [0.15, 0.2) is 40.4 Å². The van der Waals surface area contributed by atoms with Crippen LogP contribution in [0.25, 0.3) is 0 Å². The van der Waals surface area contributed by atoms with Gasteiger partial charge in [0, 0.05) is 5.92 Å². The molecule has 2 bridgehead atoms. The van der Waals surface area contributed by atoms with E-state index in [9.17, 15) is 0 Å². The molecule has 2 aliphatic rings. The molecule has 1 saturated carbocycles. The molecule has 0 unspecified atom stereocenters. The van der Waals surface area contributed by atoms with Crippen LogP contribution in [0.4, 0.5) is 0 Å². The van der Waals surface area contributed by atoms with Crippen molar-refractivity contribution in [1.82, 2.24) is 0 Å². The topological polar surface area (TPSA) is 0 Å². The lowest BCUT2D eigenvalue weighted by Crippen LogP contribution is -2.46. The van der Waals surface area contributed by atoms with Crippen molar-refractivity contribution in [2.75, 3.05) is 0 Å². The molecule has 5 heteroatoms. The highest BCUT2D eigenvalue weighted by atomic mass is 35.5. The number of halogens is 5. The lowest BCUT2D eigenvalue weighted by atomic mass is 9.84. The van der Waals surface area contributed by atoms with Crippen LogP contribution in [0.3, 0.4) is 0 Å². The van der Waals surface area contributed by atoms with Gasteiger partial charge in [-0.3, -0.25) is 0 Å². The molecular formula is C14H11Cl5. The van der Waals surface area contributed by atoms with Crippen molar-refractivity contribution in [3.8, 4) is 0 Å². The molecule has 0 radical (unpaired) electrons. The van der Waals surface area contributed by atoms with Crippen LogP contribution in [0, 0.1) is 0 Å². The first-order chi connectivity index (χ1) is 8.77. The van der Waals surface area contributed by atoms with E-state index >= 15 is 0 Å². The van der Waals surface area contributed by atoms with Gasteiger partial charge in [0.1, 0.15) is 9.75 Å². The predicted octanol–water partition coefficient (Wildman–Crippen LogP) is 5.83. The first kappa shape index (κ1) is 14.4. The van der Waals surface area contributed by atoms with Gasteiger partial charge in [-0.1, -0.05) is 53.5 Å². The lowest BCUT2D eigenvalue weighted by molar-refractivity contribution is 0.539. The van der Waals surface area contributed by atoms with Gasteiger partial charge in [0.05, 0.1) is 14.9 Å². The van der Waals surface area contributed by atoms with E-state index in [4.69, 9.17) is 58.0 Å². The van der Waals surface area contributed by atoms with Gasteiger partial charge in [0.25, 0.3) is 0 Å². The van der Waals surface area contributed by atoms with E-state index in [1.165, 1.54) is 0 Å². The number of alkyl halides is 3. The third-order valence-electron chi connectivity index (χ3n) is 4.45. The Morgan fingerprint density at radius 3 is 2.05 bits per heavy atom. The summed E-state index contributed by atoms with van der Waals surface area (Å²) < 4.78 is 0. The van der Waals surface area contributed by atoms with Crippen LogP contribution in [-0.2, 0) is 0 Å². The Balaban J connectivity index is 2.20. The molecule has 1 aromatic rings. The van der Waals surface area contributed by atoms with E-state index in [1.54, 1.807) is 0 Å². The normalized spacial score (nSPS) is 45.1. The van der Waals surface area contributed by atoms with Crippen LogP contribution in [0.5, 0.6) is 0 Å². The Hall–Kier alpha value is 0.410. The Kier molecular flexibility index (Phi) is 3.18. The molecule has 102 valence electrons. The van der Waals surface area contributed by atoms with E-state index in [1.807, 2.05) is 37.3 Å². The molecule has 1 fully saturated rings. The number of hydrogen-bond donors (Lipinski definition) is 0. The molecule has 2 aliphatic carbocycles. The van der Waals surface area contributed by atoms with Crippen LogP contribution >= 0.6 is 58.0 Å². The number of fused-ring (bicyclic) bond motifs is 2. The van der Waals surface area contributed by atoms with Gasteiger partial charge in [-0.25, -0.2) is 0 Å². The monoisotopic (exact) mass is 354 g/mol. The highest BCUT2D eigenvalue weighted by Gasteiger charge is 2.76. The predicted molar refractivity (Wildman–Crippen MR) is 84.0 cm³/mol. The first-order valence-corrected chi connectivity index (χ1v) is 7.83. The molecule has 0 N–H and O–H groups in total. The van der Waals surface area contributed by atoms with Crippen LogP contribution in [0.2, 0.25) is 0 Å². The zero-order valence-electron chi connectivity index (χ0n) is 10.1. The number of allylic oxidation sites excluding steroid dienone is 2. The van der Waals surface area contributed by atoms with Gasteiger partial charge in [0.2, 0.25) is 0 Å². The second-order valence-electron chi connectivity index (χ2n) is 5.31. The zero-order valence-corrected chi connectivity index (χ0v) is 13.8. The average molecular weight is 357 g/mol. The summed E-state index contributed by atoms with van der Waals surface area (Å²) in [7, 11) is 0. The zero-order chi connectivity index (χ0) is 14.1. The first-order valence-electron chi connectivity index (χ1n) is 5.94.